The summed E-state index contributed by atoms with van der Waals surface area (Å²) in [5.74, 6) is -1.26. The van der Waals surface area contributed by atoms with Gasteiger partial charge in [-0.15, -0.1) is 0 Å². The number of aliphatic hydroxyl groups is 3. The van der Waals surface area contributed by atoms with Gasteiger partial charge in [-0.3, -0.25) is 24.2 Å². The molecule has 2 aliphatic heterocycles. The van der Waals surface area contributed by atoms with Gasteiger partial charge in [0.05, 0.1) is 24.0 Å². The Morgan fingerprint density at radius 1 is 0.613 bits per heavy atom. The number of amides is 2. The number of H-pyrrole nitrogens is 1. The molecule has 3 unspecified atom stereocenters. The smallest absolute Gasteiger partial charge is 0.349 e. The molecule has 0 aliphatic carbocycles. The summed E-state index contributed by atoms with van der Waals surface area (Å²) < 4.78 is 6.48. The third kappa shape index (κ3) is 27.5. The minimum atomic E-state index is -1.80. The first kappa shape index (κ1) is 65.0. The number of benzene rings is 1. The van der Waals surface area contributed by atoms with Crippen LogP contribution in [-0.2, 0) is 25.7 Å². The fourth-order valence-corrected chi connectivity index (χ4v) is 9.57. The minimum Gasteiger partial charge on any atom is -0.463 e. The van der Waals surface area contributed by atoms with Crippen molar-refractivity contribution >= 4 is 28.8 Å². The Labute approximate surface area is 449 Å². The monoisotopic (exact) mass is 1050 g/mol. The second-order valence-electron chi connectivity index (χ2n) is 21.2. The molecule has 0 saturated heterocycles. The Kier molecular flexibility index (Phi) is 33.9. The molecule has 17 heteroatoms. The first-order valence-electron chi connectivity index (χ1n) is 29.3. The van der Waals surface area contributed by atoms with Crippen molar-refractivity contribution in [2.75, 3.05) is 59.5 Å². The van der Waals surface area contributed by atoms with Crippen molar-refractivity contribution in [2.45, 2.75) is 232 Å². The van der Waals surface area contributed by atoms with E-state index in [1.807, 2.05) is 13.8 Å². The normalized spacial score (nSPS) is 13.0. The maximum atomic E-state index is 12.6. The lowest BCUT2D eigenvalue weighted by Gasteiger charge is -2.25. The highest BCUT2D eigenvalue weighted by molar-refractivity contribution is 5.82. The Bertz CT molecular complexity index is 2130. The van der Waals surface area contributed by atoms with Crippen LogP contribution in [0.1, 0.15) is 205 Å². The molecule has 0 bridgehead atoms. The van der Waals surface area contributed by atoms with E-state index < -0.39 is 42.1 Å². The van der Waals surface area contributed by atoms with E-state index in [-0.39, 0.29) is 42.7 Å². The highest BCUT2D eigenvalue weighted by atomic mass is 16.5. The van der Waals surface area contributed by atoms with Crippen LogP contribution >= 0.6 is 0 Å². The van der Waals surface area contributed by atoms with Crippen molar-refractivity contribution in [2.24, 2.45) is 0 Å². The maximum Gasteiger partial charge on any atom is 0.349 e. The van der Waals surface area contributed by atoms with Crippen LogP contribution in [0, 0.1) is 13.8 Å². The van der Waals surface area contributed by atoms with Gasteiger partial charge in [0.1, 0.15) is 24.9 Å². The number of carbonyl (C=O) groups excluding carboxylic acids is 3. The number of unbranched alkanes of at least 4 members (excludes halogenated alkanes) is 20. The van der Waals surface area contributed by atoms with E-state index in [9.17, 15) is 39.3 Å². The van der Waals surface area contributed by atoms with Crippen LogP contribution in [0.3, 0.4) is 0 Å². The number of aromatic amines is 1. The van der Waals surface area contributed by atoms with E-state index in [0.29, 0.717) is 37.0 Å². The van der Waals surface area contributed by atoms with Gasteiger partial charge in [0.25, 0.3) is 5.56 Å². The van der Waals surface area contributed by atoms with Crippen molar-refractivity contribution in [3.8, 4) is 11.5 Å². The largest absolute Gasteiger partial charge is 0.463 e. The van der Waals surface area contributed by atoms with E-state index >= 15 is 0 Å². The van der Waals surface area contributed by atoms with Crippen LogP contribution in [0.15, 0.2) is 21.7 Å². The van der Waals surface area contributed by atoms with Gasteiger partial charge in [-0.05, 0) is 115 Å². The van der Waals surface area contributed by atoms with Gasteiger partial charge in [0.2, 0.25) is 11.8 Å². The summed E-state index contributed by atoms with van der Waals surface area (Å²) in [6.07, 6.45) is 26.7. The number of esters is 1. The van der Waals surface area contributed by atoms with Crippen molar-refractivity contribution in [1.82, 2.24) is 40.0 Å². The fourth-order valence-electron chi connectivity index (χ4n) is 9.57. The highest BCUT2D eigenvalue weighted by Gasteiger charge is 2.29. The summed E-state index contributed by atoms with van der Waals surface area (Å²) in [6, 6.07) is 3.50. The predicted octanol–water partition coefficient (Wildman–Crippen LogP) is 8.26. The van der Waals surface area contributed by atoms with Crippen molar-refractivity contribution in [3.05, 3.63) is 44.1 Å². The molecule has 2 amide bonds. The number of rotatable bonds is 45. The van der Waals surface area contributed by atoms with Crippen molar-refractivity contribution in [3.63, 3.8) is 0 Å². The fraction of sp³-hybridized carbons (Fsp3) is 0.776. The average Bonchev–Trinajstić information content (AvgIpc) is 3.38. The highest BCUT2D eigenvalue weighted by Crippen LogP contribution is 2.25. The number of fused-ring (bicyclic) bond motifs is 2. The molecule has 426 valence electrons. The maximum absolute atomic E-state index is 12.6. The number of aliphatic hydroxyl groups excluding tert-OH is 3. The molecule has 1 aromatic rings. The summed E-state index contributed by atoms with van der Waals surface area (Å²) in [5.41, 5.74) is 0.771. The quantitative estimate of drug-likeness (QED) is 0.0178. The molecule has 1 aromatic carbocycles. The molecule has 17 nitrogen and oxygen atoms in total. The molecule has 3 atom stereocenters. The number of nitrogens with one attached hydrogen (secondary N) is 3. The van der Waals surface area contributed by atoms with Gasteiger partial charge >= 0.3 is 11.7 Å². The molecule has 3 rings (SSSR count). The minimum absolute atomic E-state index is 0.00582. The van der Waals surface area contributed by atoms with E-state index in [2.05, 4.69) is 56.3 Å². The molecule has 2 heterocycles. The first-order valence-corrected chi connectivity index (χ1v) is 29.3. The van der Waals surface area contributed by atoms with Crippen LogP contribution in [0.25, 0.3) is 22.6 Å². The number of hydrogen-bond acceptors (Lipinski definition) is 13. The Morgan fingerprint density at radius 3 is 1.69 bits per heavy atom. The number of carbonyl (C=O) groups is 3. The molecule has 0 saturated carbocycles. The molecule has 75 heavy (non-hydrogen) atoms. The van der Waals surface area contributed by atoms with Crippen LogP contribution < -0.4 is 21.9 Å². The molecule has 0 fully saturated rings. The van der Waals surface area contributed by atoms with Crippen LogP contribution in [-0.4, -0.2) is 140 Å². The van der Waals surface area contributed by atoms with Gasteiger partial charge in [-0.25, -0.2) is 9.78 Å². The number of hydrogen-bond donors (Lipinski definition) is 6. The van der Waals surface area contributed by atoms with E-state index in [4.69, 9.17) is 4.74 Å². The van der Waals surface area contributed by atoms with Gasteiger partial charge < -0.3 is 45.1 Å². The third-order valence-electron chi connectivity index (χ3n) is 14.5. The Hall–Kier alpha value is -4.29. The molecular formula is C58H100N8O9. The SMILES string of the molecule is CCCCCCCCCCCCN(C)CCCN(CCCCCCCCCCCC)CCCCCC(=O)NCCCNC(=O)CCC(=O)OCC(O)C(O)C(O)Cn1c2nc(=O)[nH]c(=O)c-2nc2cc(C)c(C)cc21. The third-order valence-corrected chi connectivity index (χ3v) is 14.5. The van der Waals surface area contributed by atoms with Gasteiger partial charge in [0, 0.05) is 25.9 Å². The number of nitrogens with zero attached hydrogens (tertiary/aromatic N) is 5. The van der Waals surface area contributed by atoms with E-state index in [1.54, 1.807) is 12.1 Å². The van der Waals surface area contributed by atoms with E-state index in [1.165, 1.54) is 146 Å². The van der Waals surface area contributed by atoms with Gasteiger partial charge in [-0.1, -0.05) is 136 Å². The molecular weight excluding hydrogens is 953 g/mol. The van der Waals surface area contributed by atoms with Crippen molar-refractivity contribution in [1.29, 1.82) is 0 Å². The summed E-state index contributed by atoms with van der Waals surface area (Å²) in [5, 5.41) is 38.0. The Morgan fingerprint density at radius 2 is 1.11 bits per heavy atom. The zero-order valence-electron chi connectivity index (χ0n) is 47.1. The van der Waals surface area contributed by atoms with E-state index in [0.717, 1.165) is 56.6 Å². The lowest BCUT2D eigenvalue weighted by atomic mass is 10.1. The lowest BCUT2D eigenvalue weighted by Crippen LogP contribution is -2.43. The lowest BCUT2D eigenvalue weighted by molar-refractivity contribution is -0.152. The summed E-state index contributed by atoms with van der Waals surface area (Å²) in [7, 11) is 2.28. The number of aromatic nitrogens is 4. The second kappa shape index (κ2) is 39.1. The number of ether oxygens (including phenoxy) is 1. The zero-order chi connectivity index (χ0) is 54.6. The number of aryl methyl sites for hydroxylation is 2. The molecule has 0 radical (unpaired) electrons. The summed E-state index contributed by atoms with van der Waals surface area (Å²) in [4.78, 5) is 77.7. The summed E-state index contributed by atoms with van der Waals surface area (Å²) in [6.45, 7) is 13.7. The molecule has 2 aliphatic rings. The summed E-state index contributed by atoms with van der Waals surface area (Å²) >= 11 is 0. The topological polar surface area (TPSA) is 232 Å². The first-order chi connectivity index (χ1) is 36.2. The Balaban J connectivity index is 1.27. The second-order valence-corrected chi connectivity index (χ2v) is 21.2. The standard InChI is InChI=1S/C58H100N8O9/c1-6-8-10-12-14-16-18-20-22-26-36-64(5)37-30-40-65(38-27-23-21-19-17-15-13-11-9-7-2)39-28-24-25-31-51(69)59-34-29-35-60-52(70)32-33-53(71)75-44-50(68)55(72)49(67)43-66-48-42-46(4)45(3)41-47(48)61-54-56(66)62-58(74)63-57(54)73/h41-42,49-50,55,67-68,72H,6-40,43-44H2,1-5H3,(H,59,69)(H,60,70)(H,63,73,74). The average molecular weight is 1050 g/mol. The van der Waals surface area contributed by atoms with Gasteiger partial charge in [0.15, 0.2) is 11.5 Å². The van der Waals surface area contributed by atoms with Crippen LogP contribution in [0.5, 0.6) is 0 Å². The van der Waals surface area contributed by atoms with Crippen molar-refractivity contribution < 1.29 is 34.4 Å². The van der Waals surface area contributed by atoms with Gasteiger partial charge in [-0.2, -0.15) is 4.98 Å². The molecule has 6 N–H and O–H groups in total. The molecule has 0 spiro atoms. The van der Waals surface area contributed by atoms with Crippen LogP contribution in [0.2, 0.25) is 0 Å². The van der Waals surface area contributed by atoms with Crippen LogP contribution in [0.4, 0.5) is 0 Å². The molecule has 0 aromatic heterocycles. The zero-order valence-corrected chi connectivity index (χ0v) is 47.1. The predicted molar refractivity (Wildman–Crippen MR) is 300 cm³/mol.